The van der Waals surface area contributed by atoms with Crippen molar-refractivity contribution in [2.75, 3.05) is 0 Å². The van der Waals surface area contributed by atoms with Crippen molar-refractivity contribution in [3.8, 4) is 5.75 Å². The van der Waals surface area contributed by atoms with Gasteiger partial charge in [0.1, 0.15) is 5.75 Å². The third-order valence-corrected chi connectivity index (χ3v) is 4.59. The van der Waals surface area contributed by atoms with Crippen molar-refractivity contribution < 1.29 is 9.90 Å². The molecule has 0 spiro atoms. The fourth-order valence-electron chi connectivity index (χ4n) is 1.98. The van der Waals surface area contributed by atoms with Crippen LogP contribution < -0.4 is 5.43 Å². The Morgan fingerprint density at radius 1 is 1.17 bits per heavy atom. The van der Waals surface area contributed by atoms with Crippen molar-refractivity contribution in [1.29, 1.82) is 0 Å². The van der Waals surface area contributed by atoms with E-state index in [2.05, 4.69) is 42.4 Å². The third kappa shape index (κ3) is 4.91. The molecule has 2 aromatic carbocycles. The molecule has 120 valence electrons. The summed E-state index contributed by atoms with van der Waals surface area (Å²) < 4.78 is 1.10. The summed E-state index contributed by atoms with van der Waals surface area (Å²) in [5.41, 5.74) is 6.57. The van der Waals surface area contributed by atoms with Crippen LogP contribution in [0.25, 0.3) is 0 Å². The molecule has 0 heterocycles. The fourth-order valence-corrected chi connectivity index (χ4v) is 3.20. The van der Waals surface area contributed by atoms with Crippen LogP contribution in [0.3, 0.4) is 0 Å². The van der Waals surface area contributed by atoms with Crippen LogP contribution in [-0.4, -0.2) is 17.2 Å². The van der Waals surface area contributed by atoms with Gasteiger partial charge in [0.05, 0.1) is 21.6 Å². The molecule has 0 aromatic heterocycles. The number of carbonyl (C=O) groups excluding carboxylic acids is 1. The number of aryl methyl sites for hydroxylation is 2. The number of amides is 1. The van der Waals surface area contributed by atoms with Crippen molar-refractivity contribution in [2.24, 2.45) is 5.10 Å². The highest BCUT2D eigenvalue weighted by Gasteiger charge is 2.05. The minimum absolute atomic E-state index is 0.126. The predicted octanol–water partition coefficient (Wildman–Crippen LogP) is 4.23. The molecule has 2 aromatic rings. The van der Waals surface area contributed by atoms with E-state index in [0.717, 1.165) is 16.7 Å². The number of benzene rings is 2. The van der Waals surface area contributed by atoms with Crippen molar-refractivity contribution in [3.63, 3.8) is 0 Å². The van der Waals surface area contributed by atoms with E-state index in [1.165, 1.54) is 11.8 Å². The molecule has 0 fully saturated rings. The number of hydrazone groups is 1. The van der Waals surface area contributed by atoms with Gasteiger partial charge in [-0.1, -0.05) is 18.2 Å². The van der Waals surface area contributed by atoms with Crippen molar-refractivity contribution in [2.45, 2.75) is 20.3 Å². The molecule has 0 radical (unpaired) electrons. The fraction of sp³-hybridized carbons (Fsp3) is 0.176. The Hall–Kier alpha value is -1.66. The first-order chi connectivity index (χ1) is 10.9. The number of nitrogens with one attached hydrogen (secondary N) is 1. The minimum atomic E-state index is -0.179. The topological polar surface area (TPSA) is 61.7 Å². The Kier molecular flexibility index (Phi) is 5.96. The zero-order valence-electron chi connectivity index (χ0n) is 12.7. The van der Waals surface area contributed by atoms with Gasteiger partial charge >= 0.3 is 0 Å². The molecule has 0 aliphatic rings. The van der Waals surface area contributed by atoms with E-state index in [1.807, 2.05) is 32.0 Å². The summed E-state index contributed by atoms with van der Waals surface area (Å²) in [4.78, 5) is 11.9. The number of hydrogen-bond donors (Lipinski definition) is 2. The van der Waals surface area contributed by atoms with Crippen LogP contribution in [0.2, 0.25) is 0 Å². The molecule has 0 saturated carbocycles. The zero-order valence-corrected chi connectivity index (χ0v) is 15.9. The summed E-state index contributed by atoms with van der Waals surface area (Å²) >= 11 is 6.49. The van der Waals surface area contributed by atoms with Crippen LogP contribution in [0.1, 0.15) is 22.3 Å². The van der Waals surface area contributed by atoms with E-state index in [1.54, 1.807) is 12.1 Å². The highest BCUT2D eigenvalue weighted by molar-refractivity contribution is 9.11. The highest BCUT2D eigenvalue weighted by Crippen LogP contribution is 2.32. The van der Waals surface area contributed by atoms with Gasteiger partial charge in [-0.25, -0.2) is 5.43 Å². The van der Waals surface area contributed by atoms with Gasteiger partial charge in [0, 0.05) is 0 Å². The molecule has 6 heteroatoms. The molecule has 2 rings (SSSR count). The smallest absolute Gasteiger partial charge is 0.244 e. The molecule has 23 heavy (non-hydrogen) atoms. The van der Waals surface area contributed by atoms with E-state index in [0.29, 0.717) is 8.95 Å². The van der Waals surface area contributed by atoms with Gasteiger partial charge in [-0.2, -0.15) is 5.10 Å². The van der Waals surface area contributed by atoms with Crippen LogP contribution in [0.5, 0.6) is 5.75 Å². The number of phenols is 1. The van der Waals surface area contributed by atoms with Gasteiger partial charge < -0.3 is 5.11 Å². The average molecular weight is 440 g/mol. The number of nitrogens with zero attached hydrogens (tertiary/aromatic N) is 1. The second kappa shape index (κ2) is 7.75. The van der Waals surface area contributed by atoms with Gasteiger partial charge in [0.15, 0.2) is 0 Å². The van der Waals surface area contributed by atoms with Crippen molar-refractivity contribution in [1.82, 2.24) is 5.43 Å². The molecule has 2 N–H and O–H groups in total. The minimum Gasteiger partial charge on any atom is -0.506 e. The summed E-state index contributed by atoms with van der Waals surface area (Å²) in [5.74, 6) is -0.0534. The first kappa shape index (κ1) is 17.7. The molecule has 0 aliphatic carbocycles. The van der Waals surface area contributed by atoms with Crippen molar-refractivity contribution >= 4 is 44.0 Å². The maximum Gasteiger partial charge on any atom is 0.244 e. The van der Waals surface area contributed by atoms with Crippen molar-refractivity contribution in [3.05, 3.63) is 61.5 Å². The zero-order chi connectivity index (χ0) is 17.0. The Balaban J connectivity index is 1.97. The molecule has 4 nitrogen and oxygen atoms in total. The Bertz CT molecular complexity index is 750. The second-order valence-corrected chi connectivity index (χ2v) is 6.93. The summed E-state index contributed by atoms with van der Waals surface area (Å²) in [6.45, 7) is 4.06. The van der Waals surface area contributed by atoms with Gasteiger partial charge in [-0.3, -0.25) is 4.79 Å². The van der Waals surface area contributed by atoms with Gasteiger partial charge in [0.2, 0.25) is 5.91 Å². The molecule has 1 amide bonds. The number of phenolic OH excluding ortho intramolecular Hbond substituents is 1. The standard InChI is InChI=1S/C17H16Br2N2O2/c1-10-3-4-12(5-11(10)2)8-16(22)21-20-9-13-6-14(18)17(23)15(19)7-13/h3-7,9,23H,8H2,1-2H3,(H,21,22). The molecule has 0 unspecified atom stereocenters. The quantitative estimate of drug-likeness (QED) is 0.553. The van der Waals surface area contributed by atoms with Crippen LogP contribution in [0.4, 0.5) is 0 Å². The van der Waals surface area contributed by atoms with Crippen LogP contribution in [0.15, 0.2) is 44.4 Å². The average Bonchev–Trinajstić information content (AvgIpc) is 2.48. The monoisotopic (exact) mass is 438 g/mol. The number of hydrogen-bond acceptors (Lipinski definition) is 3. The predicted molar refractivity (Wildman–Crippen MR) is 98.9 cm³/mol. The molecular formula is C17H16Br2N2O2. The maximum atomic E-state index is 11.9. The Labute approximate surface area is 151 Å². The van der Waals surface area contributed by atoms with Gasteiger partial charge in [-0.05, 0) is 80.1 Å². The third-order valence-electron chi connectivity index (χ3n) is 3.38. The molecule has 0 aliphatic heterocycles. The lowest BCUT2D eigenvalue weighted by atomic mass is 10.0. The Morgan fingerprint density at radius 3 is 2.43 bits per heavy atom. The second-order valence-electron chi connectivity index (χ2n) is 5.22. The SMILES string of the molecule is Cc1ccc(CC(=O)NN=Cc2cc(Br)c(O)c(Br)c2)cc1C. The Morgan fingerprint density at radius 2 is 1.83 bits per heavy atom. The van der Waals surface area contributed by atoms with E-state index in [-0.39, 0.29) is 18.1 Å². The number of aromatic hydroxyl groups is 1. The van der Waals surface area contributed by atoms with Crippen LogP contribution in [-0.2, 0) is 11.2 Å². The van der Waals surface area contributed by atoms with E-state index in [4.69, 9.17) is 0 Å². The molecule has 0 atom stereocenters. The highest BCUT2D eigenvalue weighted by atomic mass is 79.9. The summed E-state index contributed by atoms with van der Waals surface area (Å²) in [5, 5.41) is 13.6. The lowest BCUT2D eigenvalue weighted by Crippen LogP contribution is -2.19. The number of rotatable bonds is 4. The first-order valence-electron chi connectivity index (χ1n) is 6.93. The summed E-state index contributed by atoms with van der Waals surface area (Å²) in [6.07, 6.45) is 1.80. The number of halogens is 2. The van der Waals surface area contributed by atoms with Gasteiger partial charge in [0.25, 0.3) is 0 Å². The van der Waals surface area contributed by atoms with Gasteiger partial charge in [-0.15, -0.1) is 0 Å². The normalized spacial score (nSPS) is 11.0. The molecule has 0 saturated heterocycles. The lowest BCUT2D eigenvalue weighted by molar-refractivity contribution is -0.120. The summed E-state index contributed by atoms with van der Waals surface area (Å²) in [7, 11) is 0. The maximum absolute atomic E-state index is 11.9. The lowest BCUT2D eigenvalue weighted by Gasteiger charge is -2.05. The van der Waals surface area contributed by atoms with Crippen LogP contribution >= 0.6 is 31.9 Å². The van der Waals surface area contributed by atoms with E-state index >= 15 is 0 Å². The van der Waals surface area contributed by atoms with Crippen LogP contribution in [0, 0.1) is 13.8 Å². The largest absolute Gasteiger partial charge is 0.506 e. The molecule has 0 bridgehead atoms. The van der Waals surface area contributed by atoms with E-state index < -0.39 is 0 Å². The van der Waals surface area contributed by atoms with E-state index in [9.17, 15) is 9.90 Å². The molecular weight excluding hydrogens is 424 g/mol. The summed E-state index contributed by atoms with van der Waals surface area (Å²) in [6, 6.07) is 9.37. The first-order valence-corrected chi connectivity index (χ1v) is 8.51. The number of carbonyl (C=O) groups is 1.